The molecule has 0 radical (unpaired) electrons. The molecule has 1 aliphatic rings. The first kappa shape index (κ1) is 9.19. The highest BCUT2D eigenvalue weighted by atomic mass is 32.2. The van der Waals surface area contributed by atoms with Crippen LogP contribution in [0.5, 0.6) is 0 Å². The molecule has 3 rings (SSSR count). The van der Waals surface area contributed by atoms with Gasteiger partial charge in [-0.05, 0) is 17.5 Å². The minimum absolute atomic E-state index is 0.914. The molecule has 15 heavy (non-hydrogen) atoms. The van der Waals surface area contributed by atoms with Gasteiger partial charge < -0.3 is 0 Å². The molecule has 0 unspecified atom stereocenters. The first-order chi connectivity index (χ1) is 7.33. The van der Waals surface area contributed by atoms with Crippen LogP contribution in [0.2, 0.25) is 0 Å². The van der Waals surface area contributed by atoms with Crippen molar-refractivity contribution < 1.29 is 0 Å². The molecular weight excluding hydrogens is 222 g/mol. The number of benzene rings is 1. The number of fused-ring (bicyclic) bond motifs is 1. The molecule has 1 aromatic carbocycles. The summed E-state index contributed by atoms with van der Waals surface area (Å²) in [5, 5.41) is 1.31. The molecule has 1 aromatic heterocycles. The molecule has 74 valence electrons. The molecule has 2 aromatic rings. The van der Waals surface area contributed by atoms with Crippen molar-refractivity contribution in [3.05, 3.63) is 46.7 Å². The fourth-order valence-electron chi connectivity index (χ4n) is 1.63. The van der Waals surface area contributed by atoms with Crippen LogP contribution in [0.3, 0.4) is 0 Å². The number of hydrogen-bond donors (Lipinski definition) is 0. The molecule has 1 aliphatic heterocycles. The SMILES string of the molecule is C=C1CC(c2cc3ccccc3s2)=NS1. The van der Waals surface area contributed by atoms with Gasteiger partial charge in [0.05, 0.1) is 10.6 Å². The predicted octanol–water partition coefficient (Wildman–Crippen LogP) is 4.26. The van der Waals surface area contributed by atoms with Crippen LogP contribution < -0.4 is 0 Å². The van der Waals surface area contributed by atoms with E-state index in [-0.39, 0.29) is 0 Å². The number of allylic oxidation sites excluding steroid dienone is 1. The summed E-state index contributed by atoms with van der Waals surface area (Å²) in [5.74, 6) is 0. The summed E-state index contributed by atoms with van der Waals surface area (Å²) in [6, 6.07) is 10.7. The zero-order chi connectivity index (χ0) is 10.3. The minimum atomic E-state index is 0.914. The van der Waals surface area contributed by atoms with Crippen molar-refractivity contribution in [1.29, 1.82) is 0 Å². The number of hydrogen-bond acceptors (Lipinski definition) is 3. The van der Waals surface area contributed by atoms with E-state index in [4.69, 9.17) is 0 Å². The Labute approximate surface area is 96.7 Å². The van der Waals surface area contributed by atoms with Gasteiger partial charge >= 0.3 is 0 Å². The van der Waals surface area contributed by atoms with Crippen molar-refractivity contribution >= 4 is 39.1 Å². The highest BCUT2D eigenvalue weighted by Crippen LogP contribution is 2.34. The average Bonchev–Trinajstić information content (AvgIpc) is 2.82. The summed E-state index contributed by atoms with van der Waals surface area (Å²) in [5.41, 5.74) is 1.17. The lowest BCUT2D eigenvalue weighted by molar-refractivity contribution is 1.49. The fraction of sp³-hybridized carbons (Fsp3) is 0.0833. The van der Waals surface area contributed by atoms with Gasteiger partial charge in [-0.2, -0.15) is 0 Å². The van der Waals surface area contributed by atoms with E-state index in [1.54, 1.807) is 0 Å². The van der Waals surface area contributed by atoms with E-state index < -0.39 is 0 Å². The lowest BCUT2D eigenvalue weighted by Gasteiger charge is -1.91. The van der Waals surface area contributed by atoms with Gasteiger partial charge in [-0.15, -0.1) is 11.3 Å². The second-order valence-electron chi connectivity index (χ2n) is 3.49. The van der Waals surface area contributed by atoms with Crippen molar-refractivity contribution in [1.82, 2.24) is 0 Å². The van der Waals surface area contributed by atoms with E-state index in [9.17, 15) is 0 Å². The molecule has 0 saturated heterocycles. The van der Waals surface area contributed by atoms with Gasteiger partial charge in [-0.1, -0.05) is 24.8 Å². The standard InChI is InChI=1S/C12H9NS2/c1-8-6-10(13-15-8)12-7-9-4-2-3-5-11(9)14-12/h2-5,7H,1,6H2. The molecule has 2 heterocycles. The average molecular weight is 231 g/mol. The third kappa shape index (κ3) is 1.62. The van der Waals surface area contributed by atoms with Crippen molar-refractivity contribution in [2.24, 2.45) is 4.40 Å². The Morgan fingerprint density at radius 3 is 2.87 bits per heavy atom. The van der Waals surface area contributed by atoms with Gasteiger partial charge in [-0.3, -0.25) is 0 Å². The van der Waals surface area contributed by atoms with E-state index in [0.29, 0.717) is 0 Å². The Kier molecular flexibility index (Phi) is 2.15. The first-order valence-corrected chi connectivity index (χ1v) is 6.32. The molecule has 0 fully saturated rings. The summed E-state index contributed by atoms with van der Waals surface area (Å²) in [4.78, 5) is 2.42. The molecule has 0 spiro atoms. The van der Waals surface area contributed by atoms with Crippen LogP contribution in [0.25, 0.3) is 10.1 Å². The smallest absolute Gasteiger partial charge is 0.0712 e. The quantitative estimate of drug-likeness (QED) is 0.668. The molecule has 0 saturated carbocycles. The van der Waals surface area contributed by atoms with Crippen LogP contribution in [0.15, 0.2) is 46.2 Å². The van der Waals surface area contributed by atoms with Gasteiger partial charge in [0, 0.05) is 28.0 Å². The summed E-state index contributed by atoms with van der Waals surface area (Å²) >= 11 is 3.32. The van der Waals surface area contributed by atoms with Crippen LogP contribution in [-0.4, -0.2) is 5.71 Å². The second-order valence-corrected chi connectivity index (χ2v) is 5.52. The minimum Gasteiger partial charge on any atom is -0.214 e. The third-order valence-electron chi connectivity index (χ3n) is 2.36. The molecule has 0 amide bonds. The highest BCUT2D eigenvalue weighted by molar-refractivity contribution is 8.02. The Hall–Kier alpha value is -1.06. The molecule has 0 N–H and O–H groups in total. The Morgan fingerprint density at radius 1 is 1.27 bits per heavy atom. The van der Waals surface area contributed by atoms with Gasteiger partial charge in [0.25, 0.3) is 0 Å². The molecule has 3 heteroatoms. The third-order valence-corrected chi connectivity index (χ3v) is 4.24. The Morgan fingerprint density at radius 2 is 2.13 bits per heavy atom. The van der Waals surface area contributed by atoms with Crippen LogP contribution in [-0.2, 0) is 0 Å². The molecule has 0 bridgehead atoms. The molecule has 0 atom stereocenters. The molecule has 0 aliphatic carbocycles. The van der Waals surface area contributed by atoms with Gasteiger partial charge in [0.1, 0.15) is 0 Å². The van der Waals surface area contributed by atoms with E-state index >= 15 is 0 Å². The van der Waals surface area contributed by atoms with Crippen molar-refractivity contribution in [2.75, 3.05) is 0 Å². The summed E-state index contributed by atoms with van der Waals surface area (Å²) in [6.07, 6.45) is 0.914. The van der Waals surface area contributed by atoms with E-state index in [0.717, 1.165) is 11.3 Å². The predicted molar refractivity (Wildman–Crippen MR) is 69.7 cm³/mol. The summed E-state index contributed by atoms with van der Waals surface area (Å²) in [7, 11) is 0. The summed E-state index contributed by atoms with van der Waals surface area (Å²) < 4.78 is 5.76. The van der Waals surface area contributed by atoms with Crippen molar-refractivity contribution in [3.63, 3.8) is 0 Å². The maximum absolute atomic E-state index is 4.43. The Balaban J connectivity index is 2.09. The maximum atomic E-state index is 4.43. The Bertz CT molecular complexity index is 533. The van der Waals surface area contributed by atoms with Gasteiger partial charge in [-0.25, -0.2) is 4.40 Å². The number of rotatable bonds is 1. The first-order valence-electron chi connectivity index (χ1n) is 4.73. The number of thiophene rings is 1. The largest absolute Gasteiger partial charge is 0.214 e. The van der Waals surface area contributed by atoms with Crippen molar-refractivity contribution in [3.8, 4) is 0 Å². The van der Waals surface area contributed by atoms with Crippen molar-refractivity contribution in [2.45, 2.75) is 6.42 Å². The van der Waals surface area contributed by atoms with E-state index in [2.05, 4.69) is 41.3 Å². The molecule has 1 nitrogen and oxygen atoms in total. The lowest BCUT2D eigenvalue weighted by atomic mass is 10.2. The maximum Gasteiger partial charge on any atom is 0.0712 e. The van der Waals surface area contributed by atoms with Gasteiger partial charge in [0.15, 0.2) is 0 Å². The normalized spacial score (nSPS) is 16.0. The number of nitrogens with zero attached hydrogens (tertiary/aromatic N) is 1. The highest BCUT2D eigenvalue weighted by Gasteiger charge is 2.15. The summed E-state index contributed by atoms with van der Waals surface area (Å²) in [6.45, 7) is 3.94. The zero-order valence-electron chi connectivity index (χ0n) is 8.06. The molecular formula is C12H9NS2. The zero-order valence-corrected chi connectivity index (χ0v) is 9.70. The van der Waals surface area contributed by atoms with E-state index in [1.807, 2.05) is 11.3 Å². The van der Waals surface area contributed by atoms with Crippen LogP contribution in [0, 0.1) is 0 Å². The van der Waals surface area contributed by atoms with Gasteiger partial charge in [0.2, 0.25) is 0 Å². The van der Waals surface area contributed by atoms with Crippen LogP contribution in [0.4, 0.5) is 0 Å². The fourth-order valence-corrected chi connectivity index (χ4v) is 3.34. The topological polar surface area (TPSA) is 12.4 Å². The second kappa shape index (κ2) is 3.51. The monoisotopic (exact) mass is 231 g/mol. The van der Waals surface area contributed by atoms with Crippen LogP contribution >= 0.6 is 23.3 Å². The van der Waals surface area contributed by atoms with Crippen LogP contribution in [0.1, 0.15) is 11.3 Å². The lowest BCUT2D eigenvalue weighted by Crippen LogP contribution is -1.91. The van der Waals surface area contributed by atoms with E-state index in [1.165, 1.54) is 32.6 Å².